The number of rotatable bonds is 4. The standard InChI is InChI=1S/C13H17N7/c1-9-11-4-10(6-15-13(11)20(3)17-9)5-14-7-12-16-8-19(2)18-12/h4,6,8,14H,5,7H2,1-3H3. The van der Waals surface area contributed by atoms with Crippen LogP contribution >= 0.6 is 0 Å². The molecule has 0 amide bonds. The Kier molecular flexibility index (Phi) is 3.19. The highest BCUT2D eigenvalue weighted by Crippen LogP contribution is 2.16. The second kappa shape index (κ2) is 5.01. The summed E-state index contributed by atoms with van der Waals surface area (Å²) in [6, 6.07) is 2.13. The number of pyridine rings is 1. The molecule has 0 aliphatic carbocycles. The van der Waals surface area contributed by atoms with E-state index in [1.54, 1.807) is 15.7 Å². The molecule has 0 fully saturated rings. The summed E-state index contributed by atoms with van der Waals surface area (Å²) in [5.74, 6) is 0.791. The van der Waals surface area contributed by atoms with Crippen LogP contribution in [-0.4, -0.2) is 29.5 Å². The van der Waals surface area contributed by atoms with Gasteiger partial charge in [0.2, 0.25) is 0 Å². The van der Waals surface area contributed by atoms with Crippen molar-refractivity contribution < 1.29 is 0 Å². The van der Waals surface area contributed by atoms with E-state index in [4.69, 9.17) is 0 Å². The topological polar surface area (TPSA) is 73.5 Å². The summed E-state index contributed by atoms with van der Waals surface area (Å²) in [6.45, 7) is 3.37. The molecule has 1 N–H and O–H groups in total. The van der Waals surface area contributed by atoms with Crippen molar-refractivity contribution in [3.05, 3.63) is 35.7 Å². The Morgan fingerprint density at radius 1 is 1.15 bits per heavy atom. The average molecular weight is 271 g/mol. The fraction of sp³-hybridized carbons (Fsp3) is 0.385. The first-order chi connectivity index (χ1) is 9.63. The van der Waals surface area contributed by atoms with Crippen molar-refractivity contribution >= 4 is 11.0 Å². The molecule has 3 heterocycles. The van der Waals surface area contributed by atoms with Gasteiger partial charge in [-0.05, 0) is 18.6 Å². The van der Waals surface area contributed by atoms with Gasteiger partial charge in [0.05, 0.1) is 12.2 Å². The van der Waals surface area contributed by atoms with Crippen molar-refractivity contribution in [1.82, 2.24) is 34.8 Å². The predicted octanol–water partition coefficient (Wildman–Crippen LogP) is 0.695. The summed E-state index contributed by atoms with van der Waals surface area (Å²) in [5.41, 5.74) is 3.05. The zero-order valence-electron chi connectivity index (χ0n) is 11.8. The first-order valence-corrected chi connectivity index (χ1v) is 6.47. The molecule has 3 aromatic rings. The van der Waals surface area contributed by atoms with Crippen LogP contribution in [0.2, 0.25) is 0 Å². The van der Waals surface area contributed by atoms with Crippen molar-refractivity contribution in [2.45, 2.75) is 20.0 Å². The third kappa shape index (κ3) is 2.39. The van der Waals surface area contributed by atoms with Gasteiger partial charge < -0.3 is 5.32 Å². The number of fused-ring (bicyclic) bond motifs is 1. The van der Waals surface area contributed by atoms with E-state index >= 15 is 0 Å². The van der Waals surface area contributed by atoms with Crippen LogP contribution < -0.4 is 5.32 Å². The first-order valence-electron chi connectivity index (χ1n) is 6.47. The van der Waals surface area contributed by atoms with E-state index in [2.05, 4.69) is 31.5 Å². The molecule has 0 spiro atoms. The van der Waals surface area contributed by atoms with Crippen LogP contribution in [0.3, 0.4) is 0 Å². The maximum absolute atomic E-state index is 4.46. The largest absolute Gasteiger partial charge is 0.306 e. The lowest BCUT2D eigenvalue weighted by molar-refractivity contribution is 0.648. The number of hydrogen-bond acceptors (Lipinski definition) is 5. The second-order valence-electron chi connectivity index (χ2n) is 4.86. The number of aryl methyl sites for hydroxylation is 3. The third-order valence-electron chi connectivity index (χ3n) is 3.18. The fourth-order valence-electron chi connectivity index (χ4n) is 2.23. The lowest BCUT2D eigenvalue weighted by atomic mass is 10.2. The molecule has 3 rings (SSSR count). The Labute approximate surface area is 116 Å². The Morgan fingerprint density at radius 2 is 2.00 bits per heavy atom. The molecular weight excluding hydrogens is 254 g/mol. The monoisotopic (exact) mass is 271 g/mol. The molecule has 7 heteroatoms. The zero-order valence-corrected chi connectivity index (χ0v) is 11.8. The van der Waals surface area contributed by atoms with Crippen molar-refractivity contribution in [1.29, 1.82) is 0 Å². The molecule has 0 unspecified atom stereocenters. The van der Waals surface area contributed by atoms with E-state index in [-0.39, 0.29) is 0 Å². The minimum Gasteiger partial charge on any atom is -0.306 e. The molecule has 0 saturated heterocycles. The number of aromatic nitrogens is 6. The minimum absolute atomic E-state index is 0.644. The molecule has 104 valence electrons. The van der Waals surface area contributed by atoms with Crippen molar-refractivity contribution in [3.63, 3.8) is 0 Å². The van der Waals surface area contributed by atoms with Crippen LogP contribution in [0.5, 0.6) is 0 Å². The molecule has 0 bridgehead atoms. The van der Waals surface area contributed by atoms with Crippen LogP contribution in [-0.2, 0) is 27.2 Å². The van der Waals surface area contributed by atoms with E-state index in [0.29, 0.717) is 6.54 Å². The van der Waals surface area contributed by atoms with Gasteiger partial charge in [0.25, 0.3) is 0 Å². The maximum atomic E-state index is 4.46. The second-order valence-corrected chi connectivity index (χ2v) is 4.86. The first kappa shape index (κ1) is 12.7. The highest BCUT2D eigenvalue weighted by Gasteiger charge is 2.07. The molecule has 0 aromatic carbocycles. The SMILES string of the molecule is Cc1nn(C)c2ncc(CNCc3ncn(C)n3)cc12. The summed E-state index contributed by atoms with van der Waals surface area (Å²) >= 11 is 0. The number of hydrogen-bond donors (Lipinski definition) is 1. The molecule has 3 aromatic heterocycles. The van der Waals surface area contributed by atoms with Crippen LogP contribution in [0.25, 0.3) is 11.0 Å². The van der Waals surface area contributed by atoms with E-state index in [0.717, 1.165) is 34.7 Å². The molecule has 20 heavy (non-hydrogen) atoms. The van der Waals surface area contributed by atoms with Crippen molar-refractivity contribution in [2.24, 2.45) is 14.1 Å². The highest BCUT2D eigenvalue weighted by atomic mass is 15.3. The average Bonchev–Trinajstić information content (AvgIpc) is 2.95. The lowest BCUT2D eigenvalue weighted by Crippen LogP contribution is -2.14. The van der Waals surface area contributed by atoms with Crippen LogP contribution in [0, 0.1) is 6.92 Å². The Balaban J connectivity index is 1.70. The number of nitrogens with zero attached hydrogens (tertiary/aromatic N) is 6. The van der Waals surface area contributed by atoms with Crippen LogP contribution in [0.15, 0.2) is 18.6 Å². The molecule has 0 aliphatic heterocycles. The molecular formula is C13H17N7. The highest BCUT2D eigenvalue weighted by molar-refractivity contribution is 5.78. The minimum atomic E-state index is 0.644. The van der Waals surface area contributed by atoms with E-state index in [9.17, 15) is 0 Å². The fourth-order valence-corrected chi connectivity index (χ4v) is 2.23. The van der Waals surface area contributed by atoms with Gasteiger partial charge in [0.1, 0.15) is 6.33 Å². The van der Waals surface area contributed by atoms with E-state index in [1.807, 2.05) is 27.2 Å². The molecule has 0 radical (unpaired) electrons. The van der Waals surface area contributed by atoms with Crippen LogP contribution in [0.4, 0.5) is 0 Å². The van der Waals surface area contributed by atoms with Gasteiger partial charge in [-0.1, -0.05) is 0 Å². The summed E-state index contributed by atoms with van der Waals surface area (Å²) in [4.78, 5) is 8.63. The third-order valence-corrected chi connectivity index (χ3v) is 3.18. The predicted molar refractivity (Wildman–Crippen MR) is 74.8 cm³/mol. The summed E-state index contributed by atoms with van der Waals surface area (Å²) < 4.78 is 3.50. The summed E-state index contributed by atoms with van der Waals surface area (Å²) in [6.07, 6.45) is 3.58. The van der Waals surface area contributed by atoms with Gasteiger partial charge in [-0.2, -0.15) is 10.2 Å². The van der Waals surface area contributed by atoms with Crippen molar-refractivity contribution in [3.8, 4) is 0 Å². The number of nitrogens with one attached hydrogen (secondary N) is 1. The maximum Gasteiger partial charge on any atom is 0.164 e. The Bertz CT molecular complexity index is 740. The normalized spacial score (nSPS) is 11.3. The molecule has 0 saturated carbocycles. The molecule has 7 nitrogen and oxygen atoms in total. The Morgan fingerprint density at radius 3 is 2.75 bits per heavy atom. The van der Waals surface area contributed by atoms with Gasteiger partial charge in [-0.15, -0.1) is 0 Å². The quantitative estimate of drug-likeness (QED) is 0.756. The molecule has 0 aliphatic rings. The van der Waals surface area contributed by atoms with E-state index in [1.165, 1.54) is 0 Å². The van der Waals surface area contributed by atoms with Gasteiger partial charge in [-0.3, -0.25) is 9.36 Å². The van der Waals surface area contributed by atoms with Crippen molar-refractivity contribution in [2.75, 3.05) is 0 Å². The van der Waals surface area contributed by atoms with Gasteiger partial charge in [0.15, 0.2) is 11.5 Å². The zero-order chi connectivity index (χ0) is 14.1. The molecule has 0 atom stereocenters. The van der Waals surface area contributed by atoms with Gasteiger partial charge in [-0.25, -0.2) is 9.97 Å². The van der Waals surface area contributed by atoms with Gasteiger partial charge >= 0.3 is 0 Å². The summed E-state index contributed by atoms with van der Waals surface area (Å²) in [7, 11) is 3.77. The van der Waals surface area contributed by atoms with Gasteiger partial charge in [0, 0.05) is 32.2 Å². The summed E-state index contributed by atoms with van der Waals surface area (Å²) in [5, 5.41) is 13.0. The van der Waals surface area contributed by atoms with E-state index < -0.39 is 0 Å². The smallest absolute Gasteiger partial charge is 0.164 e. The van der Waals surface area contributed by atoms with Crippen LogP contribution in [0.1, 0.15) is 17.1 Å². The Hall–Kier alpha value is -2.28. The lowest BCUT2D eigenvalue weighted by Gasteiger charge is -2.03.